The van der Waals surface area contributed by atoms with E-state index >= 15 is 0 Å². The number of hydrogen-bond donors (Lipinski definition) is 1. The van der Waals surface area contributed by atoms with Gasteiger partial charge in [0.2, 0.25) is 0 Å². The van der Waals surface area contributed by atoms with Crippen molar-refractivity contribution < 1.29 is 9.90 Å². The summed E-state index contributed by atoms with van der Waals surface area (Å²) in [5, 5.41) is 13.4. The van der Waals surface area contributed by atoms with E-state index in [9.17, 15) is 4.79 Å². The highest BCUT2D eigenvalue weighted by Gasteiger charge is 2.14. The van der Waals surface area contributed by atoms with Gasteiger partial charge in [0.1, 0.15) is 5.15 Å². The Bertz CT molecular complexity index is 521. The van der Waals surface area contributed by atoms with Gasteiger partial charge in [-0.25, -0.2) is 9.78 Å². The van der Waals surface area contributed by atoms with Crippen molar-refractivity contribution >= 4 is 28.5 Å². The van der Waals surface area contributed by atoms with Crippen LogP contribution in [0.15, 0.2) is 12.3 Å². The monoisotopic (exact) mass is 211 g/mol. The molecule has 0 radical (unpaired) electrons. The Balaban J connectivity index is 2.88. The van der Waals surface area contributed by atoms with Crippen LogP contribution < -0.4 is 0 Å². The van der Waals surface area contributed by atoms with Crippen LogP contribution in [0.25, 0.3) is 10.9 Å². The van der Waals surface area contributed by atoms with Gasteiger partial charge < -0.3 is 5.11 Å². The maximum absolute atomic E-state index is 10.8. The second kappa shape index (κ2) is 2.95. The first kappa shape index (κ1) is 8.96. The second-order valence-corrected chi connectivity index (χ2v) is 3.19. The van der Waals surface area contributed by atoms with E-state index in [2.05, 4.69) is 10.1 Å². The van der Waals surface area contributed by atoms with E-state index in [1.807, 2.05) is 0 Å². The van der Waals surface area contributed by atoms with Crippen LogP contribution in [0.2, 0.25) is 5.15 Å². The molecule has 0 aliphatic rings. The van der Waals surface area contributed by atoms with Gasteiger partial charge in [-0.3, -0.25) is 4.68 Å². The van der Waals surface area contributed by atoms with E-state index < -0.39 is 5.97 Å². The SMILES string of the molecule is Cn1ncc2c(C(=O)O)nc(Cl)cc21. The molecule has 6 heteroatoms. The standard InChI is InChI=1S/C8H6ClN3O2/c1-12-5-2-6(9)11-7(8(13)14)4(5)3-10-12/h2-3H,1H3,(H,13,14). The van der Waals surface area contributed by atoms with E-state index in [-0.39, 0.29) is 10.8 Å². The smallest absolute Gasteiger partial charge is 0.355 e. The molecular formula is C8H6ClN3O2. The molecule has 0 aliphatic heterocycles. The lowest BCUT2D eigenvalue weighted by molar-refractivity contribution is 0.0693. The molecule has 0 aliphatic carbocycles. The van der Waals surface area contributed by atoms with Crippen LogP contribution >= 0.6 is 11.6 Å². The summed E-state index contributed by atoms with van der Waals surface area (Å²) >= 11 is 5.68. The van der Waals surface area contributed by atoms with Crippen molar-refractivity contribution in [2.45, 2.75) is 0 Å². The molecule has 0 saturated carbocycles. The highest BCUT2D eigenvalue weighted by atomic mass is 35.5. The Morgan fingerprint density at radius 1 is 1.64 bits per heavy atom. The molecule has 0 atom stereocenters. The maximum atomic E-state index is 10.8. The average molecular weight is 212 g/mol. The molecule has 2 aromatic rings. The summed E-state index contributed by atoms with van der Waals surface area (Å²) in [5.41, 5.74) is 0.586. The van der Waals surface area contributed by atoms with Crippen molar-refractivity contribution in [3.63, 3.8) is 0 Å². The third kappa shape index (κ3) is 1.22. The lowest BCUT2D eigenvalue weighted by Crippen LogP contribution is -2.01. The molecule has 0 bridgehead atoms. The first-order valence-corrected chi connectivity index (χ1v) is 4.19. The minimum absolute atomic E-state index is 0.0689. The number of carboxylic acids is 1. The van der Waals surface area contributed by atoms with Crippen molar-refractivity contribution in [3.8, 4) is 0 Å². The molecule has 0 spiro atoms. The van der Waals surface area contributed by atoms with Gasteiger partial charge in [0, 0.05) is 13.1 Å². The van der Waals surface area contributed by atoms with Crippen molar-refractivity contribution in [1.82, 2.24) is 14.8 Å². The summed E-state index contributed by atoms with van der Waals surface area (Å²) in [6.07, 6.45) is 1.46. The van der Waals surface area contributed by atoms with Gasteiger partial charge in [0.05, 0.1) is 17.1 Å². The summed E-state index contributed by atoms with van der Waals surface area (Å²) < 4.78 is 1.55. The van der Waals surface area contributed by atoms with Gasteiger partial charge in [-0.05, 0) is 0 Å². The van der Waals surface area contributed by atoms with Gasteiger partial charge in [0.15, 0.2) is 5.69 Å². The highest BCUT2D eigenvalue weighted by Crippen LogP contribution is 2.20. The molecular weight excluding hydrogens is 206 g/mol. The second-order valence-electron chi connectivity index (χ2n) is 2.80. The fourth-order valence-electron chi connectivity index (χ4n) is 1.28. The number of pyridine rings is 1. The maximum Gasteiger partial charge on any atom is 0.355 e. The molecule has 2 heterocycles. The van der Waals surface area contributed by atoms with Crippen LogP contribution in [0, 0.1) is 0 Å². The number of halogens is 1. The number of nitrogens with zero attached hydrogens (tertiary/aromatic N) is 3. The number of carbonyl (C=O) groups is 1. The highest BCUT2D eigenvalue weighted by molar-refractivity contribution is 6.30. The summed E-state index contributed by atoms with van der Waals surface area (Å²) in [5.74, 6) is -1.11. The summed E-state index contributed by atoms with van der Waals surface area (Å²) in [6, 6.07) is 1.58. The van der Waals surface area contributed by atoms with Crippen LogP contribution in [0.3, 0.4) is 0 Å². The zero-order valence-electron chi connectivity index (χ0n) is 7.23. The molecule has 0 amide bonds. The molecule has 0 saturated heterocycles. The van der Waals surface area contributed by atoms with Crippen LogP contribution in [0.4, 0.5) is 0 Å². The van der Waals surface area contributed by atoms with E-state index in [1.165, 1.54) is 6.20 Å². The number of fused-ring (bicyclic) bond motifs is 1. The number of hydrogen-bond acceptors (Lipinski definition) is 3. The Labute approximate surface area is 83.9 Å². The van der Waals surface area contributed by atoms with E-state index in [1.54, 1.807) is 17.8 Å². The molecule has 2 aromatic heterocycles. The molecule has 0 aromatic carbocycles. The third-order valence-corrected chi connectivity index (χ3v) is 2.11. The number of aryl methyl sites for hydroxylation is 1. The van der Waals surface area contributed by atoms with Crippen LogP contribution in [-0.2, 0) is 7.05 Å². The predicted octanol–water partition coefficient (Wildman–Crippen LogP) is 1.32. The molecule has 5 nitrogen and oxygen atoms in total. The Hall–Kier alpha value is -1.62. The minimum Gasteiger partial charge on any atom is -0.476 e. The third-order valence-electron chi connectivity index (χ3n) is 1.92. The number of rotatable bonds is 1. The van der Waals surface area contributed by atoms with Gasteiger partial charge in [-0.2, -0.15) is 5.10 Å². The van der Waals surface area contributed by atoms with E-state index in [0.717, 1.165) is 0 Å². The van der Waals surface area contributed by atoms with Crippen molar-refractivity contribution in [1.29, 1.82) is 0 Å². The normalized spacial score (nSPS) is 10.7. The quantitative estimate of drug-likeness (QED) is 0.723. The van der Waals surface area contributed by atoms with Crippen LogP contribution in [0.1, 0.15) is 10.5 Å². The number of carboxylic acid groups (broad SMARTS) is 1. The molecule has 2 rings (SSSR count). The molecule has 1 N–H and O–H groups in total. The Kier molecular flexibility index (Phi) is 1.89. The van der Waals surface area contributed by atoms with Crippen molar-refractivity contribution in [3.05, 3.63) is 23.1 Å². The average Bonchev–Trinajstić information content (AvgIpc) is 2.47. The molecule has 0 unspecified atom stereocenters. The topological polar surface area (TPSA) is 68.0 Å². The van der Waals surface area contributed by atoms with Crippen LogP contribution in [-0.4, -0.2) is 25.8 Å². The summed E-state index contributed by atoms with van der Waals surface area (Å²) in [4.78, 5) is 14.5. The van der Waals surface area contributed by atoms with Crippen molar-refractivity contribution in [2.24, 2.45) is 7.05 Å². The van der Waals surface area contributed by atoms with Gasteiger partial charge in [0.25, 0.3) is 0 Å². The molecule has 72 valence electrons. The Morgan fingerprint density at radius 2 is 2.36 bits per heavy atom. The van der Waals surface area contributed by atoms with Gasteiger partial charge in [-0.15, -0.1) is 0 Å². The first-order valence-electron chi connectivity index (χ1n) is 3.81. The Morgan fingerprint density at radius 3 is 3.00 bits per heavy atom. The fraction of sp³-hybridized carbons (Fsp3) is 0.125. The fourth-order valence-corrected chi connectivity index (χ4v) is 1.46. The van der Waals surface area contributed by atoms with Crippen molar-refractivity contribution in [2.75, 3.05) is 0 Å². The number of aromatic nitrogens is 3. The zero-order valence-corrected chi connectivity index (χ0v) is 7.99. The molecule has 0 fully saturated rings. The van der Waals surface area contributed by atoms with Gasteiger partial charge >= 0.3 is 5.97 Å². The first-order chi connectivity index (χ1) is 6.59. The number of aromatic carboxylic acids is 1. The summed E-state index contributed by atoms with van der Waals surface area (Å²) in [6.45, 7) is 0. The predicted molar refractivity (Wildman–Crippen MR) is 50.5 cm³/mol. The van der Waals surface area contributed by atoms with Crippen LogP contribution in [0.5, 0.6) is 0 Å². The van der Waals surface area contributed by atoms with Gasteiger partial charge in [-0.1, -0.05) is 11.6 Å². The lowest BCUT2D eigenvalue weighted by atomic mass is 10.2. The van der Waals surface area contributed by atoms with E-state index in [0.29, 0.717) is 10.9 Å². The molecule has 14 heavy (non-hydrogen) atoms. The van der Waals surface area contributed by atoms with E-state index in [4.69, 9.17) is 16.7 Å². The largest absolute Gasteiger partial charge is 0.476 e. The minimum atomic E-state index is -1.11. The lowest BCUT2D eigenvalue weighted by Gasteiger charge is -1.98. The summed E-state index contributed by atoms with van der Waals surface area (Å²) in [7, 11) is 1.71. The zero-order chi connectivity index (χ0) is 10.3.